The van der Waals surface area contributed by atoms with Crippen LogP contribution in [0.25, 0.3) is 0 Å². The van der Waals surface area contributed by atoms with Crippen molar-refractivity contribution in [1.29, 1.82) is 0 Å². The number of hydrogen-bond donors (Lipinski definition) is 1. The van der Waals surface area contributed by atoms with Gasteiger partial charge in [-0.15, -0.1) is 0 Å². The van der Waals surface area contributed by atoms with Crippen LogP contribution in [0.5, 0.6) is 0 Å². The molecule has 5 heteroatoms. The molecule has 1 heterocycles. The molecule has 16 heavy (non-hydrogen) atoms. The molecule has 2 N–H and O–H groups in total. The second kappa shape index (κ2) is 4.99. The zero-order chi connectivity index (χ0) is 12.3. The van der Waals surface area contributed by atoms with Crippen molar-refractivity contribution >= 4 is 6.09 Å². The van der Waals surface area contributed by atoms with E-state index in [-0.39, 0.29) is 18.6 Å². The van der Waals surface area contributed by atoms with E-state index >= 15 is 0 Å². The SMILES string of the molecule is CC(C)(C)OC(=O)N1CCC(F)C(CN)C1. The van der Waals surface area contributed by atoms with Gasteiger partial charge in [0.05, 0.1) is 0 Å². The van der Waals surface area contributed by atoms with Crippen LogP contribution >= 0.6 is 0 Å². The second-order valence-electron chi connectivity index (χ2n) is 5.23. The number of amides is 1. The lowest BCUT2D eigenvalue weighted by atomic mass is 9.96. The van der Waals surface area contributed by atoms with E-state index in [4.69, 9.17) is 10.5 Å². The van der Waals surface area contributed by atoms with Crippen LogP contribution in [0, 0.1) is 5.92 Å². The van der Waals surface area contributed by atoms with Gasteiger partial charge in [-0.25, -0.2) is 9.18 Å². The van der Waals surface area contributed by atoms with Crippen LogP contribution in [-0.4, -0.2) is 42.4 Å². The molecule has 4 nitrogen and oxygen atoms in total. The number of nitrogens with zero attached hydrogens (tertiary/aromatic N) is 1. The van der Waals surface area contributed by atoms with E-state index in [0.29, 0.717) is 19.5 Å². The molecule has 2 unspecified atom stereocenters. The first kappa shape index (κ1) is 13.2. The Kier molecular flexibility index (Phi) is 4.13. The normalized spacial score (nSPS) is 26.7. The summed E-state index contributed by atoms with van der Waals surface area (Å²) in [5.41, 5.74) is 4.95. The number of rotatable bonds is 1. The lowest BCUT2D eigenvalue weighted by Gasteiger charge is -2.35. The van der Waals surface area contributed by atoms with Gasteiger partial charge in [0, 0.05) is 19.0 Å². The number of alkyl halides is 1. The van der Waals surface area contributed by atoms with Crippen LogP contribution in [0.15, 0.2) is 0 Å². The highest BCUT2D eigenvalue weighted by Crippen LogP contribution is 2.21. The average molecular weight is 232 g/mol. The Morgan fingerprint density at radius 3 is 2.69 bits per heavy atom. The Labute approximate surface area is 95.9 Å². The maximum absolute atomic E-state index is 13.4. The smallest absolute Gasteiger partial charge is 0.410 e. The molecule has 1 amide bonds. The first-order valence-corrected chi connectivity index (χ1v) is 5.65. The van der Waals surface area contributed by atoms with Crippen molar-refractivity contribution in [3.8, 4) is 0 Å². The fourth-order valence-electron chi connectivity index (χ4n) is 1.72. The molecule has 0 radical (unpaired) electrons. The molecule has 0 aliphatic carbocycles. The third kappa shape index (κ3) is 3.63. The zero-order valence-corrected chi connectivity index (χ0v) is 10.2. The first-order valence-electron chi connectivity index (χ1n) is 5.65. The largest absolute Gasteiger partial charge is 0.444 e. The van der Waals surface area contributed by atoms with E-state index in [1.54, 1.807) is 4.90 Å². The molecule has 0 aromatic carbocycles. The highest BCUT2D eigenvalue weighted by molar-refractivity contribution is 5.68. The van der Waals surface area contributed by atoms with E-state index < -0.39 is 11.8 Å². The quantitative estimate of drug-likeness (QED) is 0.746. The third-order valence-corrected chi connectivity index (χ3v) is 2.60. The lowest BCUT2D eigenvalue weighted by Crippen LogP contribution is -2.48. The first-order chi connectivity index (χ1) is 7.33. The summed E-state index contributed by atoms with van der Waals surface area (Å²) in [6.07, 6.45) is -0.928. The van der Waals surface area contributed by atoms with Gasteiger partial charge >= 0.3 is 6.09 Å². The van der Waals surface area contributed by atoms with Gasteiger partial charge in [-0.2, -0.15) is 0 Å². The van der Waals surface area contributed by atoms with Crippen LogP contribution in [0.4, 0.5) is 9.18 Å². The van der Waals surface area contributed by atoms with Crippen LogP contribution in [0.3, 0.4) is 0 Å². The number of carbonyl (C=O) groups excluding carboxylic acids is 1. The molecule has 94 valence electrons. The summed E-state index contributed by atoms with van der Waals surface area (Å²) in [5.74, 6) is -0.263. The Balaban J connectivity index is 2.52. The fraction of sp³-hybridized carbons (Fsp3) is 0.909. The molecular formula is C11H21FN2O2. The molecule has 1 saturated heterocycles. The Hall–Kier alpha value is -0.840. The average Bonchev–Trinajstić information content (AvgIpc) is 2.15. The second-order valence-corrected chi connectivity index (χ2v) is 5.23. The molecule has 1 rings (SSSR count). The minimum absolute atomic E-state index is 0.263. The fourth-order valence-corrected chi connectivity index (χ4v) is 1.72. The molecule has 1 aliphatic heterocycles. The Bertz CT molecular complexity index is 253. The monoisotopic (exact) mass is 232 g/mol. The van der Waals surface area contributed by atoms with E-state index in [1.165, 1.54) is 0 Å². The van der Waals surface area contributed by atoms with Gasteiger partial charge < -0.3 is 15.4 Å². The van der Waals surface area contributed by atoms with Crippen molar-refractivity contribution in [3.05, 3.63) is 0 Å². The summed E-state index contributed by atoms with van der Waals surface area (Å²) < 4.78 is 18.6. The lowest BCUT2D eigenvalue weighted by molar-refractivity contribution is 0.00770. The molecule has 2 atom stereocenters. The number of ether oxygens (including phenoxy) is 1. The number of piperidine rings is 1. The summed E-state index contributed by atoms with van der Waals surface area (Å²) in [5, 5.41) is 0. The summed E-state index contributed by atoms with van der Waals surface area (Å²) >= 11 is 0. The molecule has 0 saturated carbocycles. The van der Waals surface area contributed by atoms with E-state index in [1.807, 2.05) is 20.8 Å². The summed E-state index contributed by atoms with van der Waals surface area (Å²) in [7, 11) is 0. The van der Waals surface area contributed by atoms with Crippen LogP contribution in [-0.2, 0) is 4.74 Å². The van der Waals surface area contributed by atoms with Crippen LogP contribution in [0.2, 0.25) is 0 Å². The number of carbonyl (C=O) groups is 1. The Morgan fingerprint density at radius 2 is 2.19 bits per heavy atom. The van der Waals surface area contributed by atoms with Gasteiger partial charge in [0.15, 0.2) is 0 Å². The highest BCUT2D eigenvalue weighted by atomic mass is 19.1. The molecule has 1 fully saturated rings. The van der Waals surface area contributed by atoms with Crippen LogP contribution < -0.4 is 5.73 Å². The molecule has 1 aliphatic rings. The van der Waals surface area contributed by atoms with Gasteiger partial charge in [0.1, 0.15) is 11.8 Å². The predicted molar refractivity (Wildman–Crippen MR) is 59.9 cm³/mol. The summed E-state index contributed by atoms with van der Waals surface area (Å²) in [6.45, 7) is 6.47. The number of hydrogen-bond acceptors (Lipinski definition) is 3. The minimum atomic E-state index is -0.899. The van der Waals surface area contributed by atoms with Gasteiger partial charge in [0.25, 0.3) is 0 Å². The molecule has 0 aromatic heterocycles. The summed E-state index contributed by atoms with van der Waals surface area (Å²) in [4.78, 5) is 13.3. The van der Waals surface area contributed by atoms with Gasteiger partial charge in [-0.1, -0.05) is 0 Å². The molecular weight excluding hydrogens is 211 g/mol. The number of likely N-dealkylation sites (tertiary alicyclic amines) is 1. The zero-order valence-electron chi connectivity index (χ0n) is 10.2. The van der Waals surface area contributed by atoms with Crippen molar-refractivity contribution in [2.24, 2.45) is 11.7 Å². The number of nitrogens with two attached hydrogens (primary N) is 1. The van der Waals surface area contributed by atoms with Crippen molar-refractivity contribution in [2.45, 2.75) is 39.0 Å². The standard InChI is InChI=1S/C11H21FN2O2/c1-11(2,3)16-10(15)14-5-4-9(12)8(6-13)7-14/h8-9H,4-7,13H2,1-3H3. The molecule has 0 aromatic rings. The minimum Gasteiger partial charge on any atom is -0.444 e. The van der Waals surface area contributed by atoms with E-state index in [0.717, 1.165) is 0 Å². The highest BCUT2D eigenvalue weighted by Gasteiger charge is 2.32. The third-order valence-electron chi connectivity index (χ3n) is 2.60. The van der Waals surface area contributed by atoms with Gasteiger partial charge in [-0.3, -0.25) is 0 Å². The van der Waals surface area contributed by atoms with Crippen molar-refractivity contribution in [2.75, 3.05) is 19.6 Å². The van der Waals surface area contributed by atoms with Gasteiger partial charge in [-0.05, 0) is 33.7 Å². The number of halogens is 1. The Morgan fingerprint density at radius 1 is 1.56 bits per heavy atom. The van der Waals surface area contributed by atoms with E-state index in [2.05, 4.69) is 0 Å². The van der Waals surface area contributed by atoms with Gasteiger partial charge in [0.2, 0.25) is 0 Å². The molecule has 0 spiro atoms. The molecule has 0 bridgehead atoms. The van der Waals surface area contributed by atoms with E-state index in [9.17, 15) is 9.18 Å². The maximum atomic E-state index is 13.4. The topological polar surface area (TPSA) is 55.6 Å². The van der Waals surface area contributed by atoms with Crippen molar-refractivity contribution in [3.63, 3.8) is 0 Å². The summed E-state index contributed by atoms with van der Waals surface area (Å²) in [6, 6.07) is 0. The van der Waals surface area contributed by atoms with Crippen molar-refractivity contribution < 1.29 is 13.9 Å². The van der Waals surface area contributed by atoms with Crippen molar-refractivity contribution in [1.82, 2.24) is 4.90 Å². The maximum Gasteiger partial charge on any atom is 0.410 e. The van der Waals surface area contributed by atoms with Crippen LogP contribution in [0.1, 0.15) is 27.2 Å². The predicted octanol–water partition coefficient (Wildman–Crippen LogP) is 1.54.